The first kappa shape index (κ1) is 30.6. The van der Waals surface area contributed by atoms with E-state index in [2.05, 4.69) is 5.32 Å². The van der Waals surface area contributed by atoms with Crippen LogP contribution in [0.4, 0.5) is 18.9 Å². The topological polar surface area (TPSA) is 96.0 Å². The standard InChI is InChI=1S/C26H31ClF3N3O5S/c1-17(25(35)31-19-8-4-5-9-19)32(15-18-7-6-10-21(13-18)38-2)24(34)16-33(39(3,36)37)20-11-12-23(27)22(14-20)26(28,29)30/h6-7,10-14,17,19H,4-5,8-9,15-16H2,1-3H3,(H,31,35)/t17-/m0/s1. The maximum absolute atomic E-state index is 13.6. The van der Waals surface area contributed by atoms with E-state index in [4.69, 9.17) is 16.3 Å². The van der Waals surface area contributed by atoms with Gasteiger partial charge in [-0.15, -0.1) is 0 Å². The number of rotatable bonds is 10. The molecule has 0 radical (unpaired) electrons. The van der Waals surface area contributed by atoms with Gasteiger partial charge in [-0.05, 0) is 55.7 Å². The van der Waals surface area contributed by atoms with E-state index in [1.165, 1.54) is 18.9 Å². The number of anilines is 1. The van der Waals surface area contributed by atoms with Gasteiger partial charge in [-0.3, -0.25) is 13.9 Å². The third-order valence-corrected chi connectivity index (χ3v) is 8.05. The highest BCUT2D eigenvalue weighted by Gasteiger charge is 2.36. The summed E-state index contributed by atoms with van der Waals surface area (Å²) in [4.78, 5) is 27.9. The molecule has 0 saturated heterocycles. The van der Waals surface area contributed by atoms with E-state index in [0.717, 1.165) is 44.1 Å². The number of alkyl halides is 3. The van der Waals surface area contributed by atoms with Crippen molar-refractivity contribution < 1.29 is 35.9 Å². The second kappa shape index (κ2) is 12.5. The molecular formula is C26H31ClF3N3O5S. The third kappa shape index (κ3) is 8.01. The molecule has 0 aliphatic heterocycles. The summed E-state index contributed by atoms with van der Waals surface area (Å²) in [6.07, 6.45) is -0.451. The Kier molecular flexibility index (Phi) is 9.76. The van der Waals surface area contributed by atoms with Crippen molar-refractivity contribution in [3.63, 3.8) is 0 Å². The molecule has 3 rings (SSSR count). The minimum Gasteiger partial charge on any atom is -0.497 e. The Labute approximate surface area is 231 Å². The van der Waals surface area contributed by atoms with Crippen molar-refractivity contribution in [3.05, 3.63) is 58.6 Å². The Bertz CT molecular complexity index is 1300. The zero-order chi connectivity index (χ0) is 29.0. The number of amides is 2. The number of sulfonamides is 1. The van der Waals surface area contributed by atoms with E-state index in [1.807, 2.05) is 0 Å². The monoisotopic (exact) mass is 589 g/mol. The van der Waals surface area contributed by atoms with Gasteiger partial charge in [0.2, 0.25) is 21.8 Å². The molecular weight excluding hydrogens is 559 g/mol. The fourth-order valence-electron chi connectivity index (χ4n) is 4.44. The van der Waals surface area contributed by atoms with E-state index < -0.39 is 51.2 Å². The van der Waals surface area contributed by atoms with Crippen LogP contribution < -0.4 is 14.4 Å². The van der Waals surface area contributed by atoms with Crippen LogP contribution in [0.3, 0.4) is 0 Å². The third-order valence-electron chi connectivity index (χ3n) is 6.58. The summed E-state index contributed by atoms with van der Waals surface area (Å²) in [6.45, 7) is 0.626. The fourth-order valence-corrected chi connectivity index (χ4v) is 5.51. The lowest BCUT2D eigenvalue weighted by molar-refractivity contribution is -0.139. The summed E-state index contributed by atoms with van der Waals surface area (Å²) in [5.41, 5.74) is -1.01. The van der Waals surface area contributed by atoms with Gasteiger partial charge in [0, 0.05) is 12.6 Å². The predicted molar refractivity (Wildman–Crippen MR) is 142 cm³/mol. The fraction of sp³-hybridized carbons (Fsp3) is 0.462. The highest BCUT2D eigenvalue weighted by atomic mass is 35.5. The molecule has 0 heterocycles. The van der Waals surface area contributed by atoms with Crippen molar-refractivity contribution >= 4 is 39.1 Å². The summed E-state index contributed by atoms with van der Waals surface area (Å²) in [7, 11) is -2.74. The quantitative estimate of drug-likeness (QED) is 0.437. The van der Waals surface area contributed by atoms with Gasteiger partial charge in [0.05, 0.1) is 29.6 Å². The predicted octanol–water partition coefficient (Wildman–Crippen LogP) is 4.61. The molecule has 2 aromatic rings. The average molecular weight is 590 g/mol. The molecule has 1 aliphatic carbocycles. The van der Waals surface area contributed by atoms with Gasteiger partial charge < -0.3 is 15.0 Å². The smallest absolute Gasteiger partial charge is 0.417 e. The van der Waals surface area contributed by atoms with Gasteiger partial charge in [-0.1, -0.05) is 36.6 Å². The van der Waals surface area contributed by atoms with Crippen molar-refractivity contribution in [1.82, 2.24) is 10.2 Å². The van der Waals surface area contributed by atoms with Crippen LogP contribution in [0.25, 0.3) is 0 Å². The number of carbonyl (C=O) groups excluding carboxylic acids is 2. The molecule has 1 saturated carbocycles. The average Bonchev–Trinajstić information content (AvgIpc) is 3.37. The molecule has 0 spiro atoms. The van der Waals surface area contributed by atoms with Gasteiger partial charge in [0.1, 0.15) is 18.3 Å². The maximum atomic E-state index is 13.6. The Morgan fingerprint density at radius 1 is 1.15 bits per heavy atom. The highest BCUT2D eigenvalue weighted by Crippen LogP contribution is 2.37. The van der Waals surface area contributed by atoms with Gasteiger partial charge in [-0.25, -0.2) is 8.42 Å². The van der Waals surface area contributed by atoms with Crippen LogP contribution in [0.15, 0.2) is 42.5 Å². The van der Waals surface area contributed by atoms with Crippen LogP contribution >= 0.6 is 11.6 Å². The number of benzene rings is 2. The van der Waals surface area contributed by atoms with Crippen LogP contribution in [0, 0.1) is 0 Å². The number of nitrogens with one attached hydrogen (secondary N) is 1. The van der Waals surface area contributed by atoms with E-state index in [-0.39, 0.29) is 18.3 Å². The summed E-state index contributed by atoms with van der Waals surface area (Å²) < 4.78 is 71.5. The zero-order valence-corrected chi connectivity index (χ0v) is 23.4. The second-order valence-corrected chi connectivity index (χ2v) is 11.8. The highest BCUT2D eigenvalue weighted by molar-refractivity contribution is 7.92. The molecule has 0 unspecified atom stereocenters. The molecule has 0 aromatic heterocycles. The zero-order valence-electron chi connectivity index (χ0n) is 21.8. The van der Waals surface area contributed by atoms with Gasteiger partial charge in [0.15, 0.2) is 0 Å². The van der Waals surface area contributed by atoms with Gasteiger partial charge >= 0.3 is 6.18 Å². The Hall–Kier alpha value is -2.99. The molecule has 2 aromatic carbocycles. The summed E-state index contributed by atoms with van der Waals surface area (Å²) >= 11 is 5.70. The molecule has 214 valence electrons. The molecule has 1 N–H and O–H groups in total. The number of halogens is 4. The van der Waals surface area contributed by atoms with Crippen LogP contribution in [0.1, 0.15) is 43.7 Å². The van der Waals surface area contributed by atoms with Crippen LogP contribution in [0.2, 0.25) is 5.02 Å². The molecule has 39 heavy (non-hydrogen) atoms. The van der Waals surface area contributed by atoms with E-state index >= 15 is 0 Å². The summed E-state index contributed by atoms with van der Waals surface area (Å²) in [5.74, 6) is -0.669. The van der Waals surface area contributed by atoms with Gasteiger partial charge in [0.25, 0.3) is 0 Å². The molecule has 1 atom stereocenters. The number of methoxy groups -OCH3 is 1. The van der Waals surface area contributed by atoms with Crippen molar-refractivity contribution in [2.75, 3.05) is 24.2 Å². The number of ether oxygens (including phenoxy) is 1. The van der Waals surface area contributed by atoms with E-state index in [0.29, 0.717) is 21.7 Å². The van der Waals surface area contributed by atoms with Crippen LogP contribution in [-0.4, -0.2) is 57.1 Å². The maximum Gasteiger partial charge on any atom is 0.417 e. The number of hydrogen-bond donors (Lipinski definition) is 1. The Balaban J connectivity index is 1.95. The first-order valence-electron chi connectivity index (χ1n) is 12.3. The van der Waals surface area contributed by atoms with Crippen molar-refractivity contribution in [2.24, 2.45) is 0 Å². The lowest BCUT2D eigenvalue weighted by Gasteiger charge is -2.32. The minimum atomic E-state index is -4.84. The Morgan fingerprint density at radius 3 is 2.41 bits per heavy atom. The lowest BCUT2D eigenvalue weighted by atomic mass is 10.1. The molecule has 8 nitrogen and oxygen atoms in total. The molecule has 0 bridgehead atoms. The lowest BCUT2D eigenvalue weighted by Crippen LogP contribution is -2.52. The van der Waals surface area contributed by atoms with E-state index in [1.54, 1.807) is 24.3 Å². The van der Waals surface area contributed by atoms with Gasteiger partial charge in [-0.2, -0.15) is 13.2 Å². The molecule has 1 fully saturated rings. The summed E-state index contributed by atoms with van der Waals surface area (Å²) in [6, 6.07) is 8.38. The van der Waals surface area contributed by atoms with Crippen molar-refractivity contribution in [1.29, 1.82) is 0 Å². The van der Waals surface area contributed by atoms with Crippen LogP contribution in [0.5, 0.6) is 5.75 Å². The minimum absolute atomic E-state index is 0.0175. The molecule has 1 aliphatic rings. The Morgan fingerprint density at radius 2 is 1.82 bits per heavy atom. The number of carbonyl (C=O) groups is 2. The first-order valence-corrected chi connectivity index (χ1v) is 14.5. The van der Waals surface area contributed by atoms with E-state index in [9.17, 15) is 31.2 Å². The second-order valence-electron chi connectivity index (χ2n) is 9.47. The normalized spacial score (nSPS) is 15.1. The van der Waals surface area contributed by atoms with Crippen LogP contribution in [-0.2, 0) is 32.3 Å². The van der Waals surface area contributed by atoms with Crippen molar-refractivity contribution in [3.8, 4) is 5.75 Å². The molecule has 2 amide bonds. The first-order chi connectivity index (χ1) is 18.2. The molecule has 13 heteroatoms. The number of hydrogen-bond acceptors (Lipinski definition) is 5. The summed E-state index contributed by atoms with van der Waals surface area (Å²) in [5, 5.41) is 2.33. The van der Waals surface area contributed by atoms with Crippen molar-refractivity contribution in [2.45, 2.75) is 57.4 Å². The SMILES string of the molecule is COc1cccc(CN(C(=O)CN(c2ccc(Cl)c(C(F)(F)F)c2)S(C)(=O)=O)[C@@H](C)C(=O)NC2CCCC2)c1. The number of nitrogens with zero attached hydrogens (tertiary/aromatic N) is 2. The largest absolute Gasteiger partial charge is 0.497 e.